The second-order valence-corrected chi connectivity index (χ2v) is 5.46. The van der Waals surface area contributed by atoms with Gasteiger partial charge in [0.2, 0.25) is 5.91 Å². The number of nitrogens with zero attached hydrogens (tertiary/aromatic N) is 1. The largest absolute Gasteiger partial charge is 0.393 e. The average Bonchev–Trinajstić information content (AvgIpc) is 2.23. The van der Waals surface area contributed by atoms with Crippen molar-refractivity contribution in [3.63, 3.8) is 0 Å². The maximum absolute atomic E-state index is 12.0. The predicted molar refractivity (Wildman–Crippen MR) is 69.1 cm³/mol. The number of hydrogen-bond donors (Lipinski definition) is 2. The maximum atomic E-state index is 12.0. The van der Waals surface area contributed by atoms with Gasteiger partial charge in [-0.15, -0.1) is 0 Å². The number of hydrogen-bond acceptors (Lipinski definition) is 4. The molecule has 1 amide bonds. The lowest BCUT2D eigenvalue weighted by atomic mass is 9.77. The van der Waals surface area contributed by atoms with Gasteiger partial charge >= 0.3 is 0 Å². The summed E-state index contributed by atoms with van der Waals surface area (Å²) in [4.78, 5) is 25.3. The van der Waals surface area contributed by atoms with E-state index in [1.165, 1.54) is 0 Å². The number of aliphatic hydroxyl groups excluding tert-OH is 1. The maximum Gasteiger partial charge on any atom is 0.228 e. The van der Waals surface area contributed by atoms with Gasteiger partial charge in [0.25, 0.3) is 0 Å². The third-order valence-electron chi connectivity index (χ3n) is 3.59. The van der Waals surface area contributed by atoms with Crippen LogP contribution in [0.1, 0.15) is 26.7 Å². The zero-order chi connectivity index (χ0) is 13.9. The van der Waals surface area contributed by atoms with Crippen LogP contribution in [0.25, 0.3) is 0 Å². The van der Waals surface area contributed by atoms with Crippen LogP contribution < -0.4 is 5.32 Å². The first-order valence-electron chi connectivity index (χ1n) is 6.50. The molecule has 0 aromatic heterocycles. The third-order valence-corrected chi connectivity index (χ3v) is 3.59. The normalized spacial score (nSPS) is 26.4. The predicted octanol–water partition coefficient (Wildman–Crippen LogP) is 0.0288. The second kappa shape index (κ2) is 6.29. The van der Waals surface area contributed by atoms with Gasteiger partial charge in [-0.1, -0.05) is 6.92 Å². The number of Topliss-reactive ketones (excluding diaryl/α,β-unsaturated/α-hetero) is 1. The molecule has 0 saturated carbocycles. The van der Waals surface area contributed by atoms with Gasteiger partial charge in [-0.05, 0) is 34.0 Å². The lowest BCUT2D eigenvalue weighted by Crippen LogP contribution is -2.65. The number of rotatable bonds is 7. The smallest absolute Gasteiger partial charge is 0.228 e. The molecule has 5 heteroatoms. The summed E-state index contributed by atoms with van der Waals surface area (Å²) in [6.07, 6.45) is 0.662. The first kappa shape index (κ1) is 15.1. The van der Waals surface area contributed by atoms with Crippen LogP contribution >= 0.6 is 0 Å². The van der Waals surface area contributed by atoms with Crippen LogP contribution in [-0.2, 0) is 9.59 Å². The van der Waals surface area contributed by atoms with Crippen molar-refractivity contribution in [3.05, 3.63) is 0 Å². The highest BCUT2D eigenvalue weighted by Crippen LogP contribution is 2.26. The number of carbonyl (C=O) groups is 2. The molecule has 0 bridgehead atoms. The molecule has 0 spiro atoms. The summed E-state index contributed by atoms with van der Waals surface area (Å²) in [6, 6.07) is -0.204. The summed E-state index contributed by atoms with van der Waals surface area (Å²) < 4.78 is 0. The van der Waals surface area contributed by atoms with Crippen LogP contribution in [0.4, 0.5) is 0 Å². The molecule has 0 aromatic rings. The Hall–Kier alpha value is -0.940. The average molecular weight is 256 g/mol. The fraction of sp³-hybridized carbons (Fsp3) is 0.846. The molecule has 0 aromatic carbocycles. The van der Waals surface area contributed by atoms with Gasteiger partial charge in [0, 0.05) is 12.3 Å². The summed E-state index contributed by atoms with van der Waals surface area (Å²) in [6.45, 7) is 4.31. The van der Waals surface area contributed by atoms with Gasteiger partial charge in [-0.3, -0.25) is 9.59 Å². The van der Waals surface area contributed by atoms with E-state index in [1.807, 2.05) is 25.9 Å². The highest BCUT2D eigenvalue weighted by Gasteiger charge is 2.46. The molecule has 1 heterocycles. The van der Waals surface area contributed by atoms with Crippen molar-refractivity contribution in [2.75, 3.05) is 20.6 Å². The van der Waals surface area contributed by atoms with Crippen LogP contribution in [0.5, 0.6) is 0 Å². The summed E-state index contributed by atoms with van der Waals surface area (Å²) in [5.74, 6) is -0.641. The minimum atomic E-state index is -0.694. The molecule has 0 radical (unpaired) electrons. The Bertz CT molecular complexity index is 315. The van der Waals surface area contributed by atoms with Crippen molar-refractivity contribution in [2.45, 2.75) is 38.8 Å². The molecule has 1 saturated heterocycles. The Balaban J connectivity index is 2.42. The topological polar surface area (TPSA) is 69.6 Å². The van der Waals surface area contributed by atoms with Gasteiger partial charge < -0.3 is 15.3 Å². The van der Waals surface area contributed by atoms with Gasteiger partial charge in [0.1, 0.15) is 5.78 Å². The van der Waals surface area contributed by atoms with Crippen molar-refractivity contribution in [3.8, 4) is 0 Å². The zero-order valence-electron chi connectivity index (χ0n) is 11.6. The van der Waals surface area contributed by atoms with Crippen LogP contribution in [0.2, 0.25) is 0 Å². The lowest BCUT2D eigenvalue weighted by Gasteiger charge is -2.41. The van der Waals surface area contributed by atoms with Gasteiger partial charge in [0.05, 0.1) is 18.1 Å². The Kier molecular flexibility index (Phi) is 5.28. The Labute approximate surface area is 109 Å². The quantitative estimate of drug-likeness (QED) is 0.631. The van der Waals surface area contributed by atoms with Gasteiger partial charge in [-0.2, -0.15) is 0 Å². The minimum absolute atomic E-state index is 0.150. The van der Waals surface area contributed by atoms with Crippen LogP contribution in [0.15, 0.2) is 0 Å². The standard InChI is InChI=1S/C13H24N2O3/c1-8(10(17)6-5-7-15(3)4)12-11(9(2)16)13(18)14-12/h8-9,11-12,16H,5-7H2,1-4H3,(H,14,18)/t8-,9+,11+,12+/m0/s1. The zero-order valence-corrected chi connectivity index (χ0v) is 11.6. The molecule has 0 unspecified atom stereocenters. The van der Waals surface area contributed by atoms with Crippen molar-refractivity contribution in [1.29, 1.82) is 0 Å². The van der Waals surface area contributed by atoms with E-state index in [-0.39, 0.29) is 23.7 Å². The summed E-state index contributed by atoms with van der Waals surface area (Å²) >= 11 is 0. The first-order chi connectivity index (χ1) is 8.34. The highest BCUT2D eigenvalue weighted by molar-refractivity contribution is 5.90. The number of ketones is 1. The van der Waals surface area contributed by atoms with Crippen LogP contribution in [-0.4, -0.2) is 54.5 Å². The molecule has 0 aliphatic carbocycles. The van der Waals surface area contributed by atoms with Crippen molar-refractivity contribution in [1.82, 2.24) is 10.2 Å². The fourth-order valence-electron chi connectivity index (χ4n) is 2.37. The van der Waals surface area contributed by atoms with Crippen LogP contribution in [0, 0.1) is 11.8 Å². The molecule has 104 valence electrons. The highest BCUT2D eigenvalue weighted by atomic mass is 16.3. The number of aliphatic hydroxyl groups is 1. The SMILES string of the molecule is C[C@@H](O)[C@H]1C(=O)N[C@@H]1[C@@H](C)C(=O)CCCN(C)C. The molecular weight excluding hydrogens is 232 g/mol. The Morgan fingerprint density at radius 2 is 2.06 bits per heavy atom. The molecule has 18 heavy (non-hydrogen) atoms. The van der Waals surface area contributed by atoms with Gasteiger partial charge in [-0.25, -0.2) is 0 Å². The number of amides is 1. The van der Waals surface area contributed by atoms with E-state index >= 15 is 0 Å². The van der Waals surface area contributed by atoms with E-state index in [2.05, 4.69) is 5.32 Å². The summed E-state index contributed by atoms with van der Waals surface area (Å²) in [5, 5.41) is 12.2. The van der Waals surface area contributed by atoms with E-state index in [0.717, 1.165) is 13.0 Å². The molecule has 1 aliphatic heterocycles. The summed E-state index contributed by atoms with van der Waals surface area (Å²) in [7, 11) is 3.95. The van der Waals surface area contributed by atoms with Crippen molar-refractivity contribution in [2.24, 2.45) is 11.8 Å². The fourth-order valence-corrected chi connectivity index (χ4v) is 2.37. The minimum Gasteiger partial charge on any atom is -0.393 e. The monoisotopic (exact) mass is 256 g/mol. The molecule has 1 rings (SSSR count). The lowest BCUT2D eigenvalue weighted by molar-refractivity contribution is -0.144. The molecule has 5 nitrogen and oxygen atoms in total. The molecule has 4 atom stereocenters. The van der Waals surface area contributed by atoms with Gasteiger partial charge in [0.15, 0.2) is 0 Å². The van der Waals surface area contributed by atoms with E-state index in [4.69, 9.17) is 0 Å². The Morgan fingerprint density at radius 3 is 2.50 bits per heavy atom. The van der Waals surface area contributed by atoms with Crippen molar-refractivity contribution >= 4 is 11.7 Å². The molecule has 1 fully saturated rings. The number of nitrogens with one attached hydrogen (secondary N) is 1. The third kappa shape index (κ3) is 3.53. The number of carbonyl (C=O) groups excluding carboxylic acids is 2. The second-order valence-electron chi connectivity index (χ2n) is 5.46. The van der Waals surface area contributed by atoms with Crippen LogP contribution in [0.3, 0.4) is 0 Å². The van der Waals surface area contributed by atoms with E-state index in [0.29, 0.717) is 6.42 Å². The van der Waals surface area contributed by atoms with Crippen molar-refractivity contribution < 1.29 is 14.7 Å². The van der Waals surface area contributed by atoms with E-state index in [9.17, 15) is 14.7 Å². The Morgan fingerprint density at radius 1 is 1.44 bits per heavy atom. The molecule has 1 aliphatic rings. The molecular formula is C13H24N2O3. The van der Waals surface area contributed by atoms with E-state index < -0.39 is 12.0 Å². The van der Waals surface area contributed by atoms with E-state index in [1.54, 1.807) is 6.92 Å². The first-order valence-corrected chi connectivity index (χ1v) is 6.50. The molecule has 2 N–H and O–H groups in total. The summed E-state index contributed by atoms with van der Waals surface area (Å²) in [5.41, 5.74) is 0. The number of β-lactam (4-membered cyclic amide) rings is 1.